The van der Waals surface area contributed by atoms with Crippen molar-refractivity contribution in [2.45, 2.75) is 38.3 Å². The highest BCUT2D eigenvalue weighted by atomic mass is 35.5. The monoisotopic (exact) mass is 441 g/mol. The first-order valence-electron chi connectivity index (χ1n) is 10.2. The van der Waals surface area contributed by atoms with Crippen LogP contribution in [0.4, 0.5) is 4.79 Å². The maximum atomic E-state index is 13.4. The molecule has 0 aliphatic carbocycles. The van der Waals surface area contributed by atoms with Gasteiger partial charge in [0.1, 0.15) is 12.1 Å². The van der Waals surface area contributed by atoms with Crippen LogP contribution in [0.15, 0.2) is 42.5 Å². The van der Waals surface area contributed by atoms with Gasteiger partial charge in [-0.3, -0.25) is 14.6 Å². The van der Waals surface area contributed by atoms with E-state index in [-0.39, 0.29) is 11.9 Å². The van der Waals surface area contributed by atoms with Crippen LogP contribution >= 0.6 is 23.2 Å². The van der Waals surface area contributed by atoms with Gasteiger partial charge in [-0.25, -0.2) is 4.79 Å². The third-order valence-corrected chi connectivity index (χ3v) is 6.87. The second-order valence-corrected chi connectivity index (χ2v) is 8.71. The molecular formula is C23H21Cl2N3O2. The maximum Gasteiger partial charge on any atom is 0.328 e. The summed E-state index contributed by atoms with van der Waals surface area (Å²) >= 11 is 12.5. The molecule has 2 aromatic carbocycles. The van der Waals surface area contributed by atoms with E-state index in [0.29, 0.717) is 23.0 Å². The highest BCUT2D eigenvalue weighted by Crippen LogP contribution is 2.44. The number of rotatable bonds is 4. The van der Waals surface area contributed by atoms with Crippen LogP contribution in [0, 0.1) is 0 Å². The minimum Gasteiger partial charge on any atom is -0.356 e. The first-order valence-corrected chi connectivity index (χ1v) is 10.9. The molecule has 30 heavy (non-hydrogen) atoms. The van der Waals surface area contributed by atoms with E-state index in [2.05, 4.69) is 11.1 Å². The van der Waals surface area contributed by atoms with Crippen molar-refractivity contribution in [2.24, 2.45) is 0 Å². The summed E-state index contributed by atoms with van der Waals surface area (Å²) in [6.45, 7) is 2.50. The number of amides is 3. The molecule has 1 fully saturated rings. The molecule has 5 nitrogen and oxygen atoms in total. The van der Waals surface area contributed by atoms with Gasteiger partial charge in [0.2, 0.25) is 0 Å². The fraction of sp³-hybridized carbons (Fsp3) is 0.304. The maximum absolute atomic E-state index is 13.4. The van der Waals surface area contributed by atoms with Gasteiger partial charge in [0.05, 0.1) is 10.0 Å². The third-order valence-electron chi connectivity index (χ3n) is 6.13. The Labute approximate surface area is 184 Å². The van der Waals surface area contributed by atoms with Crippen LogP contribution in [0.25, 0.3) is 10.9 Å². The lowest BCUT2D eigenvalue weighted by molar-refractivity contribution is -0.128. The van der Waals surface area contributed by atoms with Crippen LogP contribution in [0.1, 0.15) is 42.6 Å². The van der Waals surface area contributed by atoms with Crippen molar-refractivity contribution in [2.75, 3.05) is 6.54 Å². The highest BCUT2D eigenvalue weighted by Gasteiger charge is 2.52. The van der Waals surface area contributed by atoms with Crippen LogP contribution in [-0.2, 0) is 11.2 Å². The molecule has 0 bridgehead atoms. The van der Waals surface area contributed by atoms with Crippen LogP contribution in [0.5, 0.6) is 0 Å². The Morgan fingerprint density at radius 3 is 2.67 bits per heavy atom. The SMILES string of the molecule is CCCCN1C(=O)[C@H]2Cc3c([nH]c4ccccc34)[C@@H](c3ccc(Cl)c(Cl)c3)N2C1=O. The van der Waals surface area contributed by atoms with E-state index in [0.717, 1.165) is 40.6 Å². The normalized spacial score (nSPS) is 20.8. The van der Waals surface area contributed by atoms with Gasteiger partial charge >= 0.3 is 6.03 Å². The van der Waals surface area contributed by atoms with Crippen LogP contribution in [-0.4, -0.2) is 39.3 Å². The Kier molecular flexibility index (Phi) is 4.75. The Morgan fingerprint density at radius 2 is 1.90 bits per heavy atom. The molecule has 2 aliphatic rings. The molecule has 1 aromatic heterocycles. The second-order valence-electron chi connectivity index (χ2n) is 7.89. The van der Waals surface area contributed by atoms with E-state index >= 15 is 0 Å². The lowest BCUT2D eigenvalue weighted by Gasteiger charge is -2.36. The number of H-pyrrole nitrogens is 1. The number of fused-ring (bicyclic) bond motifs is 4. The van der Waals surface area contributed by atoms with Gasteiger partial charge in [0.25, 0.3) is 5.91 Å². The number of unbranched alkanes of at least 4 members (excludes halogenated alkanes) is 1. The highest BCUT2D eigenvalue weighted by molar-refractivity contribution is 6.42. The molecule has 0 radical (unpaired) electrons. The molecule has 1 saturated heterocycles. The Balaban J connectivity index is 1.69. The minimum absolute atomic E-state index is 0.116. The van der Waals surface area contributed by atoms with Crippen molar-refractivity contribution >= 4 is 46.0 Å². The predicted molar refractivity (Wildman–Crippen MR) is 118 cm³/mol. The second kappa shape index (κ2) is 7.33. The van der Waals surface area contributed by atoms with Crippen molar-refractivity contribution in [3.05, 3.63) is 69.3 Å². The topological polar surface area (TPSA) is 56.4 Å². The number of aromatic amines is 1. The molecule has 7 heteroatoms. The molecule has 3 heterocycles. The largest absolute Gasteiger partial charge is 0.356 e. The average Bonchev–Trinajstić information content (AvgIpc) is 3.23. The number of nitrogens with one attached hydrogen (secondary N) is 1. The van der Waals surface area contributed by atoms with Crippen molar-refractivity contribution < 1.29 is 9.59 Å². The summed E-state index contributed by atoms with van der Waals surface area (Å²) in [7, 11) is 0. The number of hydrogen-bond acceptors (Lipinski definition) is 2. The quantitative estimate of drug-likeness (QED) is 0.539. The Bertz CT molecular complexity index is 1170. The van der Waals surface area contributed by atoms with Crippen molar-refractivity contribution in [3.63, 3.8) is 0 Å². The standard InChI is InChI=1S/C23H21Cl2N3O2/c1-2-3-10-27-22(29)19-12-15-14-6-4-5-7-18(14)26-20(15)21(28(19)23(27)30)13-8-9-16(24)17(25)11-13/h4-9,11,19,21,26H,2-3,10,12H2,1H3/t19-,21-/m1/s1. The van der Waals surface area contributed by atoms with Crippen LogP contribution in [0.3, 0.4) is 0 Å². The third kappa shape index (κ3) is 2.83. The van der Waals surface area contributed by atoms with Gasteiger partial charge in [-0.2, -0.15) is 0 Å². The number of halogens is 2. The molecule has 0 unspecified atom stereocenters. The number of benzene rings is 2. The van der Waals surface area contributed by atoms with E-state index in [1.807, 2.05) is 31.2 Å². The first-order chi connectivity index (χ1) is 14.5. The Hall–Kier alpha value is -2.50. The number of aromatic nitrogens is 1. The van der Waals surface area contributed by atoms with E-state index in [1.54, 1.807) is 17.0 Å². The molecule has 154 valence electrons. The minimum atomic E-state index is -0.513. The van der Waals surface area contributed by atoms with Crippen LogP contribution in [0.2, 0.25) is 10.0 Å². The number of carbonyl (C=O) groups is 2. The summed E-state index contributed by atoms with van der Waals surface area (Å²) in [6, 6.07) is 12.3. The van der Waals surface area contributed by atoms with Gasteiger partial charge in [-0.1, -0.05) is 60.8 Å². The molecule has 2 atom stereocenters. The zero-order valence-electron chi connectivity index (χ0n) is 16.5. The average molecular weight is 442 g/mol. The van der Waals surface area contributed by atoms with Crippen molar-refractivity contribution in [3.8, 4) is 0 Å². The molecular weight excluding hydrogens is 421 g/mol. The van der Waals surface area contributed by atoms with Crippen molar-refractivity contribution in [1.82, 2.24) is 14.8 Å². The summed E-state index contributed by atoms with van der Waals surface area (Å²) in [5.74, 6) is -0.116. The summed E-state index contributed by atoms with van der Waals surface area (Å²) in [6.07, 6.45) is 2.22. The summed E-state index contributed by atoms with van der Waals surface area (Å²) in [5.41, 5.74) is 3.85. The zero-order chi connectivity index (χ0) is 21.0. The number of para-hydroxylation sites is 1. The number of imide groups is 1. The van der Waals surface area contributed by atoms with Gasteiger partial charge in [-0.15, -0.1) is 0 Å². The van der Waals surface area contributed by atoms with Gasteiger partial charge in [0, 0.05) is 29.6 Å². The molecule has 1 N–H and O–H groups in total. The molecule has 3 aromatic rings. The van der Waals surface area contributed by atoms with Crippen LogP contribution < -0.4 is 0 Å². The van der Waals surface area contributed by atoms with E-state index < -0.39 is 12.1 Å². The van der Waals surface area contributed by atoms with Gasteiger partial charge < -0.3 is 4.98 Å². The van der Waals surface area contributed by atoms with Gasteiger partial charge in [-0.05, 0) is 35.7 Å². The number of urea groups is 1. The summed E-state index contributed by atoms with van der Waals surface area (Å²) in [4.78, 5) is 33.2. The fourth-order valence-electron chi connectivity index (χ4n) is 4.68. The molecule has 2 aliphatic heterocycles. The zero-order valence-corrected chi connectivity index (χ0v) is 18.0. The lowest BCUT2D eigenvalue weighted by atomic mass is 9.89. The predicted octanol–water partition coefficient (Wildman–Crippen LogP) is 5.55. The Morgan fingerprint density at radius 1 is 1.10 bits per heavy atom. The number of carbonyl (C=O) groups excluding carboxylic acids is 2. The summed E-state index contributed by atoms with van der Waals surface area (Å²) < 4.78 is 0. The fourth-order valence-corrected chi connectivity index (χ4v) is 4.99. The molecule has 0 spiro atoms. The number of nitrogens with zero attached hydrogens (tertiary/aromatic N) is 2. The van der Waals surface area contributed by atoms with E-state index in [4.69, 9.17) is 23.2 Å². The summed E-state index contributed by atoms with van der Waals surface area (Å²) in [5, 5.41) is 1.97. The molecule has 0 saturated carbocycles. The van der Waals surface area contributed by atoms with Crippen molar-refractivity contribution in [1.29, 1.82) is 0 Å². The molecule has 5 rings (SSSR count). The first kappa shape index (κ1) is 19.5. The van der Waals surface area contributed by atoms with E-state index in [1.165, 1.54) is 4.90 Å². The lowest BCUT2D eigenvalue weighted by Crippen LogP contribution is -2.44. The number of hydrogen-bond donors (Lipinski definition) is 1. The van der Waals surface area contributed by atoms with Gasteiger partial charge in [0.15, 0.2) is 0 Å². The molecule has 3 amide bonds. The van der Waals surface area contributed by atoms with E-state index in [9.17, 15) is 9.59 Å². The smallest absolute Gasteiger partial charge is 0.328 e.